The number of hydrogen-bond donors (Lipinski definition) is 1. The molecule has 5 nitrogen and oxygen atoms in total. The predicted octanol–water partition coefficient (Wildman–Crippen LogP) is 0.172. The molecule has 1 heterocycles. The average Bonchev–Trinajstić information content (AvgIpc) is 2.36. The minimum Gasteiger partial charge on any atom is -0.340 e. The molecule has 0 aliphatic carbocycles. The molecular formula is C12H22N4O. The van der Waals surface area contributed by atoms with E-state index in [-0.39, 0.29) is 11.9 Å². The Bertz CT molecular complexity index is 279. The fourth-order valence-electron chi connectivity index (χ4n) is 1.93. The van der Waals surface area contributed by atoms with Crippen molar-refractivity contribution in [2.24, 2.45) is 5.73 Å². The maximum absolute atomic E-state index is 11.9. The molecule has 0 aromatic carbocycles. The summed E-state index contributed by atoms with van der Waals surface area (Å²) in [6.45, 7) is 6.08. The number of nitriles is 1. The minimum absolute atomic E-state index is 0.0147. The summed E-state index contributed by atoms with van der Waals surface area (Å²) >= 11 is 0. The van der Waals surface area contributed by atoms with Gasteiger partial charge in [0.2, 0.25) is 5.91 Å². The van der Waals surface area contributed by atoms with Gasteiger partial charge < -0.3 is 10.6 Å². The molecule has 2 N–H and O–H groups in total. The van der Waals surface area contributed by atoms with Crippen LogP contribution in [0.25, 0.3) is 0 Å². The van der Waals surface area contributed by atoms with Gasteiger partial charge in [0.05, 0.1) is 6.07 Å². The lowest BCUT2D eigenvalue weighted by Crippen LogP contribution is -2.49. The zero-order valence-electron chi connectivity index (χ0n) is 10.6. The van der Waals surface area contributed by atoms with E-state index < -0.39 is 0 Å². The SMILES string of the molecule is CCC(N)CC(=O)N1CCN(CCC#N)CC1. The van der Waals surface area contributed by atoms with Gasteiger partial charge in [-0.3, -0.25) is 9.69 Å². The van der Waals surface area contributed by atoms with Gasteiger partial charge in [-0.2, -0.15) is 5.26 Å². The highest BCUT2D eigenvalue weighted by Gasteiger charge is 2.21. The summed E-state index contributed by atoms with van der Waals surface area (Å²) in [6.07, 6.45) is 1.86. The van der Waals surface area contributed by atoms with E-state index in [1.54, 1.807) is 0 Å². The Morgan fingerprint density at radius 3 is 2.59 bits per heavy atom. The topological polar surface area (TPSA) is 73.4 Å². The van der Waals surface area contributed by atoms with Crippen LogP contribution in [0.2, 0.25) is 0 Å². The van der Waals surface area contributed by atoms with Crippen molar-refractivity contribution < 1.29 is 4.79 Å². The van der Waals surface area contributed by atoms with Crippen molar-refractivity contribution in [1.82, 2.24) is 9.80 Å². The lowest BCUT2D eigenvalue weighted by Gasteiger charge is -2.34. The number of rotatable bonds is 5. The third-order valence-corrected chi connectivity index (χ3v) is 3.23. The lowest BCUT2D eigenvalue weighted by atomic mass is 10.1. The van der Waals surface area contributed by atoms with Crippen LogP contribution in [0.1, 0.15) is 26.2 Å². The molecule has 5 heteroatoms. The number of amides is 1. The van der Waals surface area contributed by atoms with E-state index in [4.69, 9.17) is 11.0 Å². The lowest BCUT2D eigenvalue weighted by molar-refractivity contribution is -0.133. The van der Waals surface area contributed by atoms with Crippen LogP contribution in [0, 0.1) is 11.3 Å². The van der Waals surface area contributed by atoms with Crippen molar-refractivity contribution in [3.8, 4) is 6.07 Å². The molecular weight excluding hydrogens is 216 g/mol. The van der Waals surface area contributed by atoms with E-state index in [0.29, 0.717) is 12.8 Å². The van der Waals surface area contributed by atoms with Crippen LogP contribution in [0.5, 0.6) is 0 Å². The van der Waals surface area contributed by atoms with E-state index in [9.17, 15) is 4.79 Å². The van der Waals surface area contributed by atoms with Crippen molar-refractivity contribution in [1.29, 1.82) is 5.26 Å². The van der Waals surface area contributed by atoms with Crippen LogP contribution in [0.4, 0.5) is 0 Å². The molecule has 0 bridgehead atoms. The molecule has 17 heavy (non-hydrogen) atoms. The second-order valence-electron chi connectivity index (χ2n) is 4.50. The maximum Gasteiger partial charge on any atom is 0.224 e. The van der Waals surface area contributed by atoms with E-state index in [0.717, 1.165) is 39.1 Å². The first kappa shape index (κ1) is 13.9. The van der Waals surface area contributed by atoms with Gasteiger partial charge in [-0.05, 0) is 6.42 Å². The molecule has 1 unspecified atom stereocenters. The number of piperazine rings is 1. The Balaban J connectivity index is 2.26. The zero-order valence-corrected chi connectivity index (χ0v) is 10.6. The summed E-state index contributed by atoms with van der Waals surface area (Å²) < 4.78 is 0. The number of carbonyl (C=O) groups excluding carboxylic acids is 1. The fourth-order valence-corrected chi connectivity index (χ4v) is 1.93. The first-order valence-corrected chi connectivity index (χ1v) is 6.30. The quantitative estimate of drug-likeness (QED) is 0.741. The summed E-state index contributed by atoms with van der Waals surface area (Å²) in [6, 6.07) is 2.13. The fraction of sp³-hybridized carbons (Fsp3) is 0.833. The van der Waals surface area contributed by atoms with Crippen LogP contribution in [0.3, 0.4) is 0 Å². The predicted molar refractivity (Wildman–Crippen MR) is 66.1 cm³/mol. The van der Waals surface area contributed by atoms with Crippen LogP contribution in [-0.4, -0.2) is 54.5 Å². The Morgan fingerprint density at radius 2 is 2.06 bits per heavy atom. The normalized spacial score (nSPS) is 18.8. The van der Waals surface area contributed by atoms with E-state index >= 15 is 0 Å². The highest BCUT2D eigenvalue weighted by atomic mass is 16.2. The molecule has 0 radical (unpaired) electrons. The molecule has 1 saturated heterocycles. The molecule has 1 fully saturated rings. The number of hydrogen-bond acceptors (Lipinski definition) is 4. The highest BCUT2D eigenvalue weighted by Crippen LogP contribution is 2.06. The summed E-state index contributed by atoms with van der Waals surface area (Å²) in [4.78, 5) is 16.0. The summed E-state index contributed by atoms with van der Waals surface area (Å²) in [5.41, 5.74) is 5.78. The average molecular weight is 238 g/mol. The van der Waals surface area contributed by atoms with Gasteiger partial charge in [0.15, 0.2) is 0 Å². The molecule has 0 spiro atoms. The number of nitrogens with two attached hydrogens (primary N) is 1. The van der Waals surface area contributed by atoms with Gasteiger partial charge in [-0.25, -0.2) is 0 Å². The molecule has 0 aromatic heterocycles. The van der Waals surface area contributed by atoms with Crippen LogP contribution in [0.15, 0.2) is 0 Å². The molecule has 1 amide bonds. The summed E-state index contributed by atoms with van der Waals surface area (Å²) in [7, 11) is 0. The molecule has 96 valence electrons. The molecule has 1 rings (SSSR count). The van der Waals surface area contributed by atoms with E-state index in [2.05, 4.69) is 11.0 Å². The first-order chi connectivity index (χ1) is 8.17. The highest BCUT2D eigenvalue weighted by molar-refractivity contribution is 5.76. The van der Waals surface area contributed by atoms with Crippen molar-refractivity contribution in [2.45, 2.75) is 32.2 Å². The molecule has 1 aliphatic heterocycles. The third kappa shape index (κ3) is 4.72. The van der Waals surface area contributed by atoms with Crippen LogP contribution < -0.4 is 5.73 Å². The molecule has 0 saturated carbocycles. The Hall–Kier alpha value is -1.12. The second-order valence-corrected chi connectivity index (χ2v) is 4.50. The summed E-state index contributed by atoms with van der Waals surface area (Å²) in [5, 5.41) is 8.51. The number of carbonyl (C=O) groups is 1. The van der Waals surface area contributed by atoms with Gasteiger partial charge >= 0.3 is 0 Å². The van der Waals surface area contributed by atoms with Gasteiger partial charge in [0, 0.05) is 51.6 Å². The Labute approximate surface area is 103 Å². The van der Waals surface area contributed by atoms with E-state index in [1.807, 2.05) is 11.8 Å². The van der Waals surface area contributed by atoms with E-state index in [1.165, 1.54) is 0 Å². The van der Waals surface area contributed by atoms with Crippen molar-refractivity contribution in [3.05, 3.63) is 0 Å². The first-order valence-electron chi connectivity index (χ1n) is 6.30. The van der Waals surface area contributed by atoms with Gasteiger partial charge in [-0.15, -0.1) is 0 Å². The zero-order chi connectivity index (χ0) is 12.7. The molecule has 1 atom stereocenters. The van der Waals surface area contributed by atoms with Crippen LogP contribution in [-0.2, 0) is 4.79 Å². The van der Waals surface area contributed by atoms with Crippen LogP contribution >= 0.6 is 0 Å². The van der Waals surface area contributed by atoms with Gasteiger partial charge in [-0.1, -0.05) is 6.92 Å². The maximum atomic E-state index is 11.9. The van der Waals surface area contributed by atoms with Gasteiger partial charge in [0.25, 0.3) is 0 Å². The second kappa shape index (κ2) is 7.25. The minimum atomic E-state index is -0.0147. The molecule has 1 aliphatic rings. The monoisotopic (exact) mass is 238 g/mol. The van der Waals surface area contributed by atoms with Crippen molar-refractivity contribution >= 4 is 5.91 Å². The van der Waals surface area contributed by atoms with Crippen molar-refractivity contribution in [3.63, 3.8) is 0 Å². The third-order valence-electron chi connectivity index (χ3n) is 3.23. The van der Waals surface area contributed by atoms with Crippen molar-refractivity contribution in [2.75, 3.05) is 32.7 Å². The summed E-state index contributed by atoms with van der Waals surface area (Å²) in [5.74, 6) is 0.166. The standard InChI is InChI=1S/C12H22N4O/c1-2-11(14)10-12(17)16-8-6-15(7-9-16)5-3-4-13/h11H,2-3,5-10,14H2,1H3. The number of nitrogens with zero attached hydrogens (tertiary/aromatic N) is 3. The Kier molecular flexibility index (Phi) is 5.95. The molecule has 0 aromatic rings. The smallest absolute Gasteiger partial charge is 0.224 e. The largest absolute Gasteiger partial charge is 0.340 e. The van der Waals surface area contributed by atoms with Gasteiger partial charge in [0.1, 0.15) is 0 Å². The Morgan fingerprint density at radius 1 is 1.41 bits per heavy atom.